The molecule has 0 fully saturated rings. The van der Waals surface area contributed by atoms with Crippen molar-refractivity contribution in [2.75, 3.05) is 0 Å². The first-order valence-electron chi connectivity index (χ1n) is 7.00. The number of phenols is 1. The molecule has 3 aromatic heterocycles. The lowest BCUT2D eigenvalue weighted by molar-refractivity contribution is 0.472. The van der Waals surface area contributed by atoms with Crippen LogP contribution in [0.4, 0.5) is 0 Å². The molecule has 4 rings (SSSR count). The number of para-hydroxylation sites is 1. The van der Waals surface area contributed by atoms with E-state index in [0.29, 0.717) is 0 Å². The highest BCUT2D eigenvalue weighted by molar-refractivity contribution is 5.66. The van der Waals surface area contributed by atoms with Gasteiger partial charge in [0.15, 0.2) is 0 Å². The number of fused-ring (bicyclic) bond motifs is 1. The van der Waals surface area contributed by atoms with E-state index < -0.39 is 0 Å². The molecule has 0 amide bonds. The molecule has 0 aliphatic rings. The van der Waals surface area contributed by atoms with Crippen molar-refractivity contribution in [2.45, 2.75) is 6.92 Å². The zero-order valence-electron chi connectivity index (χ0n) is 12.0. The van der Waals surface area contributed by atoms with Crippen LogP contribution < -0.4 is 0 Å². The summed E-state index contributed by atoms with van der Waals surface area (Å²) in [6.45, 7) is 1.98. The van der Waals surface area contributed by atoms with Crippen LogP contribution in [0.1, 0.15) is 5.56 Å². The monoisotopic (exact) mass is 290 g/mol. The number of benzene rings is 1. The second kappa shape index (κ2) is 4.73. The fraction of sp³-hybridized carbons (Fsp3) is 0.0588. The van der Waals surface area contributed by atoms with Crippen LogP contribution in [0, 0.1) is 6.92 Å². The number of aromatic nitrogens is 4. The van der Waals surface area contributed by atoms with Gasteiger partial charge in [-0.1, -0.05) is 12.1 Å². The molecule has 5 nitrogen and oxygen atoms in total. The Bertz CT molecular complexity index is 933. The third kappa shape index (κ3) is 1.87. The van der Waals surface area contributed by atoms with Crippen molar-refractivity contribution in [2.24, 2.45) is 0 Å². The van der Waals surface area contributed by atoms with E-state index in [0.717, 1.165) is 28.2 Å². The molecule has 3 heterocycles. The Morgan fingerprint density at radius 3 is 2.77 bits per heavy atom. The fourth-order valence-corrected chi connectivity index (χ4v) is 2.68. The summed E-state index contributed by atoms with van der Waals surface area (Å²) in [6, 6.07) is 11.4. The highest BCUT2D eigenvalue weighted by Gasteiger charge is 2.13. The number of phenolic OH excluding ortho intramolecular Hbond substituents is 1. The molecule has 22 heavy (non-hydrogen) atoms. The lowest BCUT2D eigenvalue weighted by Crippen LogP contribution is -1.96. The summed E-state index contributed by atoms with van der Waals surface area (Å²) in [6.07, 6.45) is 7.31. The Balaban J connectivity index is 1.92. The van der Waals surface area contributed by atoms with Crippen LogP contribution in [0.2, 0.25) is 0 Å². The van der Waals surface area contributed by atoms with Crippen LogP contribution >= 0.6 is 0 Å². The Kier molecular flexibility index (Phi) is 2.72. The Morgan fingerprint density at radius 2 is 2.00 bits per heavy atom. The van der Waals surface area contributed by atoms with Crippen LogP contribution in [-0.2, 0) is 0 Å². The van der Waals surface area contributed by atoms with E-state index in [9.17, 15) is 5.11 Å². The van der Waals surface area contributed by atoms with Crippen LogP contribution in [0.5, 0.6) is 5.75 Å². The van der Waals surface area contributed by atoms with Gasteiger partial charge in [0, 0.05) is 36.4 Å². The Labute approximate surface area is 127 Å². The van der Waals surface area contributed by atoms with Crippen molar-refractivity contribution in [1.29, 1.82) is 0 Å². The molecule has 5 heteroatoms. The first-order valence-corrected chi connectivity index (χ1v) is 7.00. The van der Waals surface area contributed by atoms with Gasteiger partial charge >= 0.3 is 0 Å². The van der Waals surface area contributed by atoms with Crippen LogP contribution in [0.15, 0.2) is 61.2 Å². The maximum absolute atomic E-state index is 10.2. The van der Waals surface area contributed by atoms with Gasteiger partial charge in [-0.15, -0.1) is 0 Å². The summed E-state index contributed by atoms with van der Waals surface area (Å²) in [7, 11) is 0. The van der Waals surface area contributed by atoms with Gasteiger partial charge in [-0.3, -0.25) is 9.55 Å². The number of aromatic hydroxyl groups is 1. The summed E-state index contributed by atoms with van der Waals surface area (Å²) in [5.74, 6) is 0.252. The molecule has 0 unspecified atom stereocenters. The maximum Gasteiger partial charge on any atom is 0.141 e. The van der Waals surface area contributed by atoms with Gasteiger partial charge in [0.1, 0.15) is 11.4 Å². The molecule has 0 saturated heterocycles. The molecule has 108 valence electrons. The largest absolute Gasteiger partial charge is 0.506 e. The molecule has 0 spiro atoms. The highest BCUT2D eigenvalue weighted by Crippen LogP contribution is 2.28. The van der Waals surface area contributed by atoms with E-state index in [2.05, 4.69) is 10.1 Å². The van der Waals surface area contributed by atoms with Gasteiger partial charge in [-0.25, -0.2) is 4.52 Å². The number of hydrogen-bond donors (Lipinski definition) is 1. The topological polar surface area (TPSA) is 55.4 Å². The van der Waals surface area contributed by atoms with E-state index >= 15 is 0 Å². The molecule has 1 aromatic carbocycles. The lowest BCUT2D eigenvalue weighted by Gasteiger charge is -2.09. The minimum atomic E-state index is 0.252. The molecule has 0 atom stereocenters. The van der Waals surface area contributed by atoms with Gasteiger partial charge in [0.05, 0.1) is 11.4 Å². The zero-order chi connectivity index (χ0) is 15.1. The molecule has 4 aromatic rings. The van der Waals surface area contributed by atoms with E-state index in [1.54, 1.807) is 23.0 Å². The SMILES string of the molecule is Cc1cccc(O)c1-n1ccn2nc(-c3cccnc3)cc12. The average Bonchev–Trinajstić information content (AvgIpc) is 3.10. The number of rotatable bonds is 2. The van der Waals surface area contributed by atoms with Crippen molar-refractivity contribution < 1.29 is 5.11 Å². The van der Waals surface area contributed by atoms with Crippen molar-refractivity contribution in [3.8, 4) is 22.7 Å². The number of pyridine rings is 1. The maximum atomic E-state index is 10.2. The lowest BCUT2D eigenvalue weighted by atomic mass is 10.2. The third-order valence-electron chi connectivity index (χ3n) is 3.73. The average molecular weight is 290 g/mol. The first-order chi connectivity index (χ1) is 10.7. The van der Waals surface area contributed by atoms with Crippen molar-refractivity contribution in [3.05, 3.63) is 66.7 Å². The fourth-order valence-electron chi connectivity index (χ4n) is 2.68. The number of nitrogens with zero attached hydrogens (tertiary/aromatic N) is 4. The molecule has 0 aliphatic carbocycles. The molecule has 0 aliphatic heterocycles. The number of imidazole rings is 1. The number of aryl methyl sites for hydroxylation is 1. The molecule has 0 radical (unpaired) electrons. The van der Waals surface area contributed by atoms with Gasteiger partial charge in [0.2, 0.25) is 0 Å². The van der Waals surface area contributed by atoms with E-state index in [4.69, 9.17) is 0 Å². The smallest absolute Gasteiger partial charge is 0.141 e. The summed E-state index contributed by atoms with van der Waals surface area (Å²) >= 11 is 0. The molecular formula is C17H14N4O. The second-order valence-corrected chi connectivity index (χ2v) is 5.18. The van der Waals surface area contributed by atoms with Crippen LogP contribution in [-0.4, -0.2) is 24.3 Å². The molecule has 1 N–H and O–H groups in total. The van der Waals surface area contributed by atoms with Gasteiger partial charge in [-0.05, 0) is 30.7 Å². The highest BCUT2D eigenvalue weighted by atomic mass is 16.3. The summed E-state index contributed by atoms with van der Waals surface area (Å²) in [5.41, 5.74) is 4.48. The summed E-state index contributed by atoms with van der Waals surface area (Å²) in [5, 5.41) is 14.7. The van der Waals surface area contributed by atoms with E-state index in [1.807, 2.05) is 54.2 Å². The first kappa shape index (κ1) is 12.6. The van der Waals surface area contributed by atoms with Crippen LogP contribution in [0.3, 0.4) is 0 Å². The van der Waals surface area contributed by atoms with Crippen molar-refractivity contribution in [3.63, 3.8) is 0 Å². The molecular weight excluding hydrogens is 276 g/mol. The third-order valence-corrected chi connectivity index (χ3v) is 3.73. The van der Waals surface area contributed by atoms with Crippen LogP contribution in [0.25, 0.3) is 22.6 Å². The van der Waals surface area contributed by atoms with Crippen molar-refractivity contribution in [1.82, 2.24) is 19.2 Å². The van der Waals surface area contributed by atoms with E-state index in [-0.39, 0.29) is 5.75 Å². The Morgan fingerprint density at radius 1 is 1.09 bits per heavy atom. The van der Waals surface area contributed by atoms with E-state index in [1.165, 1.54) is 0 Å². The number of hydrogen-bond acceptors (Lipinski definition) is 3. The second-order valence-electron chi connectivity index (χ2n) is 5.18. The van der Waals surface area contributed by atoms with Gasteiger partial charge in [-0.2, -0.15) is 5.10 Å². The predicted octanol–water partition coefficient (Wildman–Crippen LogP) is 3.20. The van der Waals surface area contributed by atoms with Gasteiger partial charge < -0.3 is 5.11 Å². The van der Waals surface area contributed by atoms with Gasteiger partial charge in [0.25, 0.3) is 0 Å². The standard InChI is InChI=1S/C17H14N4O/c1-12-4-2-6-15(22)17(12)20-8-9-21-16(20)10-14(19-21)13-5-3-7-18-11-13/h2-11,22H,1H3. The zero-order valence-corrected chi connectivity index (χ0v) is 12.0. The minimum Gasteiger partial charge on any atom is -0.506 e. The summed E-state index contributed by atoms with van der Waals surface area (Å²) < 4.78 is 3.74. The van der Waals surface area contributed by atoms with Crippen molar-refractivity contribution >= 4 is 5.65 Å². The predicted molar refractivity (Wildman–Crippen MR) is 84.2 cm³/mol. The summed E-state index contributed by atoms with van der Waals surface area (Å²) in [4.78, 5) is 4.13. The Hall–Kier alpha value is -3.08. The quantitative estimate of drug-likeness (QED) is 0.617. The molecule has 0 bridgehead atoms. The molecule has 0 saturated carbocycles. The minimum absolute atomic E-state index is 0.252. The normalized spacial score (nSPS) is 11.1.